The van der Waals surface area contributed by atoms with E-state index in [1.54, 1.807) is 0 Å². The van der Waals surface area contributed by atoms with Gasteiger partial charge in [-0.2, -0.15) is 0 Å². The van der Waals surface area contributed by atoms with Crippen molar-refractivity contribution < 1.29 is 5.11 Å². The van der Waals surface area contributed by atoms with E-state index in [2.05, 4.69) is 34.1 Å². The van der Waals surface area contributed by atoms with E-state index in [1.807, 2.05) is 48.5 Å². The zero-order chi connectivity index (χ0) is 21.9. The molecule has 0 amide bonds. The molecule has 32 heavy (non-hydrogen) atoms. The first-order chi connectivity index (χ1) is 15.7. The Morgan fingerprint density at radius 1 is 0.938 bits per heavy atom. The Morgan fingerprint density at radius 2 is 1.69 bits per heavy atom. The standard InChI is InChI=1S/C27H28N4O/c28-21-11-14-24-23(17-21)25(27(32)30-24)26(20-7-3-1-4-8-20)29-22-12-9-19(10-13-22)18-31-15-5-2-6-16-31/h1,3-4,7-14,17,30,32H,2,5-6,15-16,18,28H2. The van der Waals surface area contributed by atoms with Crippen molar-refractivity contribution in [3.8, 4) is 5.88 Å². The maximum atomic E-state index is 10.8. The number of H-pyrrole nitrogens is 1. The van der Waals surface area contributed by atoms with Gasteiger partial charge < -0.3 is 15.8 Å². The fraction of sp³-hybridized carbons (Fsp3) is 0.222. The predicted octanol–water partition coefficient (Wildman–Crippen LogP) is 5.61. The molecule has 4 aromatic rings. The Morgan fingerprint density at radius 3 is 2.44 bits per heavy atom. The summed E-state index contributed by atoms with van der Waals surface area (Å²) in [6, 6.07) is 24.0. The lowest BCUT2D eigenvalue weighted by molar-refractivity contribution is 0.221. The van der Waals surface area contributed by atoms with E-state index < -0.39 is 0 Å². The number of aromatic hydroxyl groups is 1. The Labute approximate surface area is 188 Å². The lowest BCUT2D eigenvalue weighted by atomic mass is 10.0. The molecule has 0 bridgehead atoms. The summed E-state index contributed by atoms with van der Waals surface area (Å²) < 4.78 is 0. The van der Waals surface area contributed by atoms with Gasteiger partial charge in [-0.25, -0.2) is 4.99 Å². The number of rotatable bonds is 5. The normalized spacial score (nSPS) is 15.3. The smallest absolute Gasteiger partial charge is 0.199 e. The van der Waals surface area contributed by atoms with Crippen LogP contribution in [0.5, 0.6) is 5.88 Å². The maximum absolute atomic E-state index is 10.8. The predicted molar refractivity (Wildman–Crippen MR) is 132 cm³/mol. The fourth-order valence-electron chi connectivity index (χ4n) is 4.48. The van der Waals surface area contributed by atoms with Gasteiger partial charge in [0.25, 0.3) is 0 Å². The highest BCUT2D eigenvalue weighted by molar-refractivity contribution is 6.22. The first-order valence-corrected chi connectivity index (χ1v) is 11.2. The number of benzene rings is 3. The highest BCUT2D eigenvalue weighted by Crippen LogP contribution is 2.32. The van der Waals surface area contributed by atoms with Crippen molar-refractivity contribution in [3.63, 3.8) is 0 Å². The van der Waals surface area contributed by atoms with Crippen LogP contribution in [0.2, 0.25) is 0 Å². The Bertz CT molecular complexity index is 1240. The minimum atomic E-state index is 0.0925. The summed E-state index contributed by atoms with van der Waals surface area (Å²) in [4.78, 5) is 10.6. The number of nitrogens with one attached hydrogen (secondary N) is 1. The fourth-order valence-corrected chi connectivity index (χ4v) is 4.48. The molecule has 3 aromatic carbocycles. The molecule has 0 spiro atoms. The van der Waals surface area contributed by atoms with Crippen molar-refractivity contribution in [3.05, 3.63) is 89.5 Å². The number of aliphatic imine (C=N–C) groups is 1. The molecule has 0 unspecified atom stereocenters. The van der Waals surface area contributed by atoms with Crippen molar-refractivity contribution in [2.45, 2.75) is 25.8 Å². The maximum Gasteiger partial charge on any atom is 0.199 e. The van der Waals surface area contributed by atoms with Crippen molar-refractivity contribution in [2.75, 3.05) is 18.8 Å². The second-order valence-electron chi connectivity index (χ2n) is 8.48. The number of nitrogens with two attached hydrogens (primary N) is 1. The summed E-state index contributed by atoms with van der Waals surface area (Å²) in [5.74, 6) is 0.0925. The first kappa shape index (κ1) is 20.3. The van der Waals surface area contributed by atoms with Gasteiger partial charge in [0.05, 0.1) is 17.0 Å². The van der Waals surface area contributed by atoms with E-state index in [0.717, 1.165) is 28.7 Å². The number of nitrogens with zero attached hydrogens (tertiary/aromatic N) is 2. The number of aromatic nitrogens is 1. The summed E-state index contributed by atoms with van der Waals surface area (Å²) in [5.41, 5.74) is 12.0. The quantitative estimate of drug-likeness (QED) is 0.288. The largest absolute Gasteiger partial charge is 0.494 e. The minimum absolute atomic E-state index is 0.0925. The Balaban J connectivity index is 1.54. The van der Waals surface area contributed by atoms with Crippen LogP contribution < -0.4 is 5.73 Å². The number of anilines is 1. The Hall–Kier alpha value is -3.57. The number of hydrogen-bond donors (Lipinski definition) is 3. The molecule has 1 aromatic heterocycles. The SMILES string of the molecule is Nc1ccc2[nH]c(O)c(C(=Nc3ccc(CN4CCCCC4)cc3)c3ccccc3)c2c1. The van der Waals surface area contributed by atoms with Gasteiger partial charge in [0.15, 0.2) is 5.88 Å². The lowest BCUT2D eigenvalue weighted by Gasteiger charge is -2.26. The van der Waals surface area contributed by atoms with Gasteiger partial charge >= 0.3 is 0 Å². The number of likely N-dealkylation sites (tertiary alicyclic amines) is 1. The van der Waals surface area contributed by atoms with E-state index in [4.69, 9.17) is 10.7 Å². The number of hydrogen-bond acceptors (Lipinski definition) is 4. The molecule has 162 valence electrons. The molecule has 4 N–H and O–H groups in total. The van der Waals surface area contributed by atoms with Crippen LogP contribution >= 0.6 is 0 Å². The summed E-state index contributed by atoms with van der Waals surface area (Å²) in [6.07, 6.45) is 3.93. The first-order valence-electron chi connectivity index (χ1n) is 11.2. The van der Waals surface area contributed by atoms with E-state index >= 15 is 0 Å². The monoisotopic (exact) mass is 424 g/mol. The van der Waals surface area contributed by atoms with Gasteiger partial charge in [-0.3, -0.25) is 4.90 Å². The molecule has 0 atom stereocenters. The topological polar surface area (TPSA) is 77.6 Å². The van der Waals surface area contributed by atoms with Crippen LogP contribution in [0.4, 0.5) is 11.4 Å². The second kappa shape index (κ2) is 8.89. The lowest BCUT2D eigenvalue weighted by Crippen LogP contribution is -2.28. The molecule has 1 fully saturated rings. The molecule has 5 heteroatoms. The molecule has 5 rings (SSSR count). The van der Waals surface area contributed by atoms with Gasteiger partial charge in [0.2, 0.25) is 0 Å². The van der Waals surface area contributed by atoms with Crippen LogP contribution in [0.1, 0.15) is 36.0 Å². The summed E-state index contributed by atoms with van der Waals surface area (Å²) in [6.45, 7) is 3.35. The number of fused-ring (bicyclic) bond motifs is 1. The molecule has 1 aliphatic rings. The van der Waals surface area contributed by atoms with Gasteiger partial charge in [-0.1, -0.05) is 48.9 Å². The molecular weight excluding hydrogens is 396 g/mol. The zero-order valence-electron chi connectivity index (χ0n) is 18.1. The van der Waals surface area contributed by atoms with Gasteiger partial charge in [0, 0.05) is 28.7 Å². The molecule has 2 heterocycles. The van der Waals surface area contributed by atoms with Crippen LogP contribution in [-0.4, -0.2) is 33.8 Å². The summed E-state index contributed by atoms with van der Waals surface area (Å²) >= 11 is 0. The number of aromatic amines is 1. The van der Waals surface area contributed by atoms with Crippen LogP contribution in [0.25, 0.3) is 10.9 Å². The molecule has 0 radical (unpaired) electrons. The van der Waals surface area contributed by atoms with E-state index in [0.29, 0.717) is 17.0 Å². The molecule has 5 nitrogen and oxygen atoms in total. The number of nitrogen functional groups attached to an aromatic ring is 1. The average molecular weight is 425 g/mol. The molecule has 1 aliphatic heterocycles. The van der Waals surface area contributed by atoms with Crippen LogP contribution in [0, 0.1) is 0 Å². The van der Waals surface area contributed by atoms with Gasteiger partial charge in [-0.05, 0) is 61.8 Å². The molecule has 1 saturated heterocycles. The van der Waals surface area contributed by atoms with Crippen molar-refractivity contribution in [1.82, 2.24) is 9.88 Å². The van der Waals surface area contributed by atoms with Crippen LogP contribution in [0.3, 0.4) is 0 Å². The van der Waals surface area contributed by atoms with E-state index in [-0.39, 0.29) is 5.88 Å². The van der Waals surface area contributed by atoms with Crippen molar-refractivity contribution in [2.24, 2.45) is 4.99 Å². The average Bonchev–Trinajstić information content (AvgIpc) is 3.14. The van der Waals surface area contributed by atoms with Crippen LogP contribution in [-0.2, 0) is 6.54 Å². The highest BCUT2D eigenvalue weighted by atomic mass is 16.3. The Kier molecular flexibility index (Phi) is 5.65. The molecule has 0 saturated carbocycles. The number of piperidine rings is 1. The second-order valence-corrected chi connectivity index (χ2v) is 8.48. The minimum Gasteiger partial charge on any atom is -0.494 e. The van der Waals surface area contributed by atoms with Crippen molar-refractivity contribution in [1.29, 1.82) is 0 Å². The summed E-state index contributed by atoms with van der Waals surface area (Å²) in [7, 11) is 0. The zero-order valence-corrected chi connectivity index (χ0v) is 18.1. The summed E-state index contributed by atoms with van der Waals surface area (Å²) in [5, 5.41) is 11.6. The van der Waals surface area contributed by atoms with Gasteiger partial charge in [0.1, 0.15) is 0 Å². The third-order valence-electron chi connectivity index (χ3n) is 6.12. The van der Waals surface area contributed by atoms with Crippen molar-refractivity contribution >= 4 is 28.0 Å². The van der Waals surface area contributed by atoms with Crippen LogP contribution in [0.15, 0.2) is 77.8 Å². The van der Waals surface area contributed by atoms with E-state index in [1.165, 1.54) is 37.9 Å². The molecular formula is C27H28N4O. The highest BCUT2D eigenvalue weighted by Gasteiger charge is 2.19. The van der Waals surface area contributed by atoms with E-state index in [9.17, 15) is 5.11 Å². The molecule has 0 aliphatic carbocycles. The third-order valence-corrected chi connectivity index (χ3v) is 6.12. The third kappa shape index (κ3) is 4.25. The van der Waals surface area contributed by atoms with Gasteiger partial charge in [-0.15, -0.1) is 0 Å².